The molecule has 0 radical (unpaired) electrons. The molecular weight excluding hydrogens is 388 g/mol. The standard InChI is InChI=1S/C23H32O5S/c1-2-3-4-5-6-7-8-9-10-11-19-16-20(24)18-22(17-19)28-21-12-14-23(15-13-21)29(25,26)27/h12-18,24H,2-11H2,1H3,(H,25,26,27). The summed E-state index contributed by atoms with van der Waals surface area (Å²) in [6.07, 6.45) is 12.3. The molecule has 0 spiro atoms. The summed E-state index contributed by atoms with van der Waals surface area (Å²) in [5.41, 5.74) is 1.01. The number of hydrogen-bond donors (Lipinski definition) is 2. The minimum atomic E-state index is -4.22. The zero-order chi connectivity index (χ0) is 21.1. The lowest BCUT2D eigenvalue weighted by Crippen LogP contribution is -1.97. The second-order valence-electron chi connectivity index (χ2n) is 7.46. The van der Waals surface area contributed by atoms with Crippen LogP contribution in [0.4, 0.5) is 0 Å². The molecule has 0 aliphatic heterocycles. The van der Waals surface area contributed by atoms with Crippen LogP contribution < -0.4 is 4.74 Å². The second kappa shape index (κ2) is 11.8. The van der Waals surface area contributed by atoms with E-state index >= 15 is 0 Å². The van der Waals surface area contributed by atoms with E-state index in [9.17, 15) is 13.5 Å². The number of ether oxygens (including phenoxy) is 1. The van der Waals surface area contributed by atoms with E-state index in [4.69, 9.17) is 9.29 Å². The van der Waals surface area contributed by atoms with Gasteiger partial charge in [0.15, 0.2) is 0 Å². The van der Waals surface area contributed by atoms with Gasteiger partial charge in [0.1, 0.15) is 17.2 Å². The lowest BCUT2D eigenvalue weighted by atomic mass is 10.0. The molecular formula is C23H32O5S. The number of benzene rings is 2. The highest BCUT2D eigenvalue weighted by atomic mass is 32.2. The van der Waals surface area contributed by atoms with Crippen molar-refractivity contribution in [3.05, 3.63) is 48.0 Å². The van der Waals surface area contributed by atoms with Crippen molar-refractivity contribution < 1.29 is 22.8 Å². The van der Waals surface area contributed by atoms with Crippen LogP contribution in [0.25, 0.3) is 0 Å². The Labute approximate surface area is 174 Å². The number of phenols is 1. The molecule has 0 atom stereocenters. The van der Waals surface area contributed by atoms with Gasteiger partial charge in [0, 0.05) is 6.07 Å². The summed E-state index contributed by atoms with van der Waals surface area (Å²) in [6.45, 7) is 2.23. The topological polar surface area (TPSA) is 83.8 Å². The average molecular weight is 421 g/mol. The van der Waals surface area contributed by atoms with Crippen molar-refractivity contribution in [1.29, 1.82) is 0 Å². The first-order chi connectivity index (χ1) is 13.9. The van der Waals surface area contributed by atoms with Crippen molar-refractivity contribution in [3.63, 3.8) is 0 Å². The Kier molecular flexibility index (Phi) is 9.48. The van der Waals surface area contributed by atoms with E-state index in [1.54, 1.807) is 6.07 Å². The molecule has 160 valence electrons. The highest BCUT2D eigenvalue weighted by Crippen LogP contribution is 2.28. The number of aryl methyl sites for hydroxylation is 1. The third-order valence-corrected chi connectivity index (χ3v) is 5.75. The molecule has 2 rings (SSSR count). The van der Waals surface area contributed by atoms with E-state index in [1.165, 1.54) is 81.7 Å². The van der Waals surface area contributed by atoms with Gasteiger partial charge in [0.2, 0.25) is 0 Å². The van der Waals surface area contributed by atoms with Crippen molar-refractivity contribution in [3.8, 4) is 17.2 Å². The molecule has 0 aliphatic rings. The molecule has 0 amide bonds. The van der Waals surface area contributed by atoms with Crippen molar-refractivity contribution in [2.75, 3.05) is 0 Å². The molecule has 6 heteroatoms. The van der Waals surface area contributed by atoms with Gasteiger partial charge in [-0.15, -0.1) is 0 Å². The molecule has 5 nitrogen and oxygen atoms in total. The maximum absolute atomic E-state index is 11.1. The van der Waals surface area contributed by atoms with E-state index in [0.29, 0.717) is 11.5 Å². The van der Waals surface area contributed by atoms with Gasteiger partial charge in [-0.1, -0.05) is 58.3 Å². The Hall–Kier alpha value is -2.05. The summed E-state index contributed by atoms with van der Waals surface area (Å²) in [6, 6.07) is 10.6. The van der Waals surface area contributed by atoms with Crippen molar-refractivity contribution in [2.45, 2.75) is 76.0 Å². The predicted octanol–water partition coefficient (Wildman–Crippen LogP) is 6.50. The first-order valence-corrected chi connectivity index (χ1v) is 11.9. The fourth-order valence-electron chi connectivity index (χ4n) is 3.30. The monoisotopic (exact) mass is 420 g/mol. The van der Waals surface area contributed by atoms with Gasteiger partial charge in [-0.05, 0) is 54.8 Å². The van der Waals surface area contributed by atoms with Gasteiger partial charge >= 0.3 is 0 Å². The maximum Gasteiger partial charge on any atom is 0.294 e. The van der Waals surface area contributed by atoms with E-state index in [-0.39, 0.29) is 10.6 Å². The normalized spacial score (nSPS) is 11.5. The molecule has 2 N–H and O–H groups in total. The Balaban J connectivity index is 1.80. The van der Waals surface area contributed by atoms with E-state index < -0.39 is 10.1 Å². The molecule has 29 heavy (non-hydrogen) atoms. The zero-order valence-corrected chi connectivity index (χ0v) is 18.0. The summed E-state index contributed by atoms with van der Waals surface area (Å²) < 4.78 is 36.9. The molecule has 2 aromatic rings. The minimum Gasteiger partial charge on any atom is -0.508 e. The SMILES string of the molecule is CCCCCCCCCCCc1cc(O)cc(Oc2ccc(S(=O)(=O)O)cc2)c1. The van der Waals surface area contributed by atoms with Crippen LogP contribution in [0.2, 0.25) is 0 Å². The molecule has 0 saturated heterocycles. The molecule has 2 aromatic carbocycles. The Morgan fingerprint density at radius 3 is 1.97 bits per heavy atom. The smallest absolute Gasteiger partial charge is 0.294 e. The third kappa shape index (κ3) is 8.88. The lowest BCUT2D eigenvalue weighted by molar-refractivity contribution is 0.453. The number of hydrogen-bond acceptors (Lipinski definition) is 4. The molecule has 0 heterocycles. The quantitative estimate of drug-likeness (QED) is 0.285. The molecule has 0 aliphatic carbocycles. The average Bonchev–Trinajstić information content (AvgIpc) is 2.66. The Morgan fingerprint density at radius 1 is 0.793 bits per heavy atom. The number of aromatic hydroxyl groups is 1. The number of phenolic OH excluding ortho intramolecular Hbond substituents is 1. The van der Waals surface area contributed by atoms with Crippen LogP contribution in [0.3, 0.4) is 0 Å². The van der Waals surface area contributed by atoms with Crippen LogP contribution in [0, 0.1) is 0 Å². The molecule has 0 unspecified atom stereocenters. The summed E-state index contributed by atoms with van der Waals surface area (Å²) in [7, 11) is -4.22. The largest absolute Gasteiger partial charge is 0.508 e. The van der Waals surface area contributed by atoms with Gasteiger partial charge in [0.25, 0.3) is 10.1 Å². The van der Waals surface area contributed by atoms with Gasteiger partial charge in [0.05, 0.1) is 4.90 Å². The highest BCUT2D eigenvalue weighted by molar-refractivity contribution is 7.85. The van der Waals surface area contributed by atoms with E-state index in [1.807, 2.05) is 6.07 Å². The van der Waals surface area contributed by atoms with Crippen LogP contribution in [-0.2, 0) is 16.5 Å². The predicted molar refractivity (Wildman–Crippen MR) is 115 cm³/mol. The lowest BCUT2D eigenvalue weighted by Gasteiger charge is -2.09. The van der Waals surface area contributed by atoms with Crippen molar-refractivity contribution in [1.82, 2.24) is 0 Å². The molecule has 0 bridgehead atoms. The first kappa shape index (κ1) is 23.2. The van der Waals surface area contributed by atoms with Gasteiger partial charge in [-0.2, -0.15) is 8.42 Å². The van der Waals surface area contributed by atoms with Crippen LogP contribution in [0.1, 0.15) is 70.3 Å². The van der Waals surface area contributed by atoms with Crippen LogP contribution in [0.15, 0.2) is 47.4 Å². The summed E-state index contributed by atoms with van der Waals surface area (Å²) in [5, 5.41) is 9.97. The fourth-order valence-corrected chi connectivity index (χ4v) is 3.78. The van der Waals surface area contributed by atoms with E-state index in [0.717, 1.165) is 18.4 Å². The maximum atomic E-state index is 11.1. The summed E-state index contributed by atoms with van der Waals surface area (Å²) >= 11 is 0. The first-order valence-electron chi connectivity index (χ1n) is 10.5. The zero-order valence-electron chi connectivity index (χ0n) is 17.1. The number of unbranched alkanes of at least 4 members (excludes halogenated alkanes) is 8. The van der Waals surface area contributed by atoms with Gasteiger partial charge < -0.3 is 9.84 Å². The fraction of sp³-hybridized carbons (Fsp3) is 0.478. The highest BCUT2D eigenvalue weighted by Gasteiger charge is 2.09. The second-order valence-corrected chi connectivity index (χ2v) is 8.88. The summed E-state index contributed by atoms with van der Waals surface area (Å²) in [5.74, 6) is 1.07. The Bertz CT molecular complexity index is 844. The van der Waals surface area contributed by atoms with Crippen LogP contribution >= 0.6 is 0 Å². The van der Waals surface area contributed by atoms with Crippen LogP contribution in [0.5, 0.6) is 17.2 Å². The Morgan fingerprint density at radius 2 is 1.38 bits per heavy atom. The van der Waals surface area contributed by atoms with Crippen molar-refractivity contribution >= 4 is 10.1 Å². The molecule has 0 fully saturated rings. The van der Waals surface area contributed by atoms with E-state index in [2.05, 4.69) is 6.92 Å². The van der Waals surface area contributed by atoms with Gasteiger partial charge in [-0.25, -0.2) is 0 Å². The third-order valence-electron chi connectivity index (χ3n) is 4.88. The molecule has 0 saturated carbocycles. The molecule has 0 aromatic heterocycles. The van der Waals surface area contributed by atoms with Crippen LogP contribution in [-0.4, -0.2) is 18.1 Å². The van der Waals surface area contributed by atoms with Gasteiger partial charge in [-0.3, -0.25) is 4.55 Å². The number of rotatable bonds is 13. The minimum absolute atomic E-state index is 0.142. The summed E-state index contributed by atoms with van der Waals surface area (Å²) in [4.78, 5) is -0.188. The van der Waals surface area contributed by atoms with Crippen molar-refractivity contribution in [2.24, 2.45) is 0 Å².